The summed E-state index contributed by atoms with van der Waals surface area (Å²) in [7, 11) is 2.16. The summed E-state index contributed by atoms with van der Waals surface area (Å²) in [5, 5.41) is 13.8. The van der Waals surface area contributed by atoms with Crippen LogP contribution in [0, 0.1) is 5.92 Å². The highest BCUT2D eigenvalue weighted by molar-refractivity contribution is 6.06. The van der Waals surface area contributed by atoms with Crippen LogP contribution in [0.15, 0.2) is 60.8 Å². The number of amides is 4. The maximum Gasteiger partial charge on any atom is 0.256 e. The fourth-order valence-electron chi connectivity index (χ4n) is 9.67. The molecule has 3 unspecified atom stereocenters. The number of H-pyrrole nitrogens is 1. The lowest BCUT2D eigenvalue weighted by Crippen LogP contribution is -2.52. The van der Waals surface area contributed by atoms with Gasteiger partial charge in [-0.25, -0.2) is 4.98 Å². The minimum atomic E-state index is -0.625. The number of anilines is 2. The Morgan fingerprint density at radius 1 is 0.964 bits per heavy atom. The normalized spacial score (nSPS) is 26.1. The number of piperazine rings is 1. The standard InChI is InChI=1S/C42H49N9O4/c1-49-16-3-6-36(49)35-20-27-22-45-38(21-33(27)46-35)47-40(53)26-7-9-28(10-8-26)50-17-15-43-23-29(50)18-25-13-14-44-34(19-25)30-4-2-5-31-32(30)24-51(42(31)55)37-11-12-39(52)48-41(37)54/h2,4-5,7-10,20-22,25,29,34,36-37,43-44,46H,3,6,11-19,23-24H2,1H3,(H,45,47,53)(H,48,52,54)/t25?,29?,34?,36-,37+/m1/s1. The van der Waals surface area contributed by atoms with Crippen molar-refractivity contribution in [2.24, 2.45) is 5.92 Å². The molecule has 13 heteroatoms. The number of carbonyl (C=O) groups is 4. The zero-order chi connectivity index (χ0) is 37.6. The number of pyridine rings is 1. The number of likely N-dealkylation sites (tertiary alicyclic amines) is 1. The second-order valence-corrected chi connectivity index (χ2v) is 16.0. The fourth-order valence-corrected chi connectivity index (χ4v) is 9.67. The van der Waals surface area contributed by atoms with Crippen LogP contribution in [0.4, 0.5) is 11.5 Å². The molecule has 5 N–H and O–H groups in total. The molecule has 7 heterocycles. The summed E-state index contributed by atoms with van der Waals surface area (Å²) in [5.74, 6) is 0.00570. The van der Waals surface area contributed by atoms with Crippen LogP contribution in [0.1, 0.15) is 94.6 Å². The second-order valence-electron chi connectivity index (χ2n) is 16.0. The number of imide groups is 1. The Kier molecular flexibility index (Phi) is 9.61. The van der Waals surface area contributed by atoms with Crippen LogP contribution < -0.4 is 26.2 Å². The van der Waals surface area contributed by atoms with Crippen molar-refractivity contribution in [2.75, 3.05) is 50.0 Å². The van der Waals surface area contributed by atoms with Gasteiger partial charge < -0.3 is 30.7 Å². The molecule has 0 saturated carbocycles. The first kappa shape index (κ1) is 35.6. The minimum absolute atomic E-state index is 0.106. The van der Waals surface area contributed by atoms with Crippen molar-refractivity contribution in [3.8, 4) is 0 Å². The monoisotopic (exact) mass is 743 g/mol. The molecule has 0 aliphatic carbocycles. The van der Waals surface area contributed by atoms with E-state index in [2.05, 4.69) is 72.3 Å². The molecule has 0 spiro atoms. The van der Waals surface area contributed by atoms with Crippen LogP contribution >= 0.6 is 0 Å². The Bertz CT molecular complexity index is 2130. The number of fused-ring (bicyclic) bond motifs is 2. The molecule has 13 nitrogen and oxygen atoms in total. The molecule has 2 aromatic carbocycles. The first-order chi connectivity index (χ1) is 26.8. The Labute approximate surface area is 320 Å². The number of hydrogen-bond donors (Lipinski definition) is 5. The molecule has 55 heavy (non-hydrogen) atoms. The van der Waals surface area contributed by atoms with Crippen LogP contribution in [0.5, 0.6) is 0 Å². The van der Waals surface area contributed by atoms with E-state index in [1.165, 1.54) is 12.1 Å². The molecule has 0 bridgehead atoms. The third-order valence-electron chi connectivity index (χ3n) is 12.6. The van der Waals surface area contributed by atoms with Crippen molar-refractivity contribution >= 4 is 46.0 Å². The van der Waals surface area contributed by atoms with Gasteiger partial charge in [0, 0.05) is 90.9 Å². The number of rotatable bonds is 8. The molecular formula is C42H49N9O4. The van der Waals surface area contributed by atoms with E-state index in [-0.39, 0.29) is 36.1 Å². The Morgan fingerprint density at radius 2 is 1.84 bits per heavy atom. The van der Waals surface area contributed by atoms with Crippen LogP contribution in [-0.2, 0) is 16.1 Å². The number of nitrogens with one attached hydrogen (secondary N) is 5. The van der Waals surface area contributed by atoms with Crippen molar-refractivity contribution in [3.05, 3.63) is 88.7 Å². The predicted octanol–water partition coefficient (Wildman–Crippen LogP) is 4.25. The molecule has 4 amide bonds. The topological polar surface area (TPSA) is 155 Å². The molecule has 5 atom stereocenters. The van der Waals surface area contributed by atoms with E-state index < -0.39 is 6.04 Å². The maximum atomic E-state index is 13.5. The van der Waals surface area contributed by atoms with E-state index in [0.29, 0.717) is 47.9 Å². The number of carbonyl (C=O) groups excluding carboxylic acids is 4. The number of nitrogens with zero attached hydrogens (tertiary/aromatic N) is 4. The maximum absolute atomic E-state index is 13.5. The lowest BCUT2D eigenvalue weighted by Gasteiger charge is -2.41. The quantitative estimate of drug-likeness (QED) is 0.167. The van der Waals surface area contributed by atoms with E-state index in [4.69, 9.17) is 0 Å². The van der Waals surface area contributed by atoms with E-state index >= 15 is 0 Å². The third-order valence-corrected chi connectivity index (χ3v) is 12.6. The first-order valence-electron chi connectivity index (χ1n) is 19.9. The van der Waals surface area contributed by atoms with Gasteiger partial charge in [0.2, 0.25) is 11.8 Å². The fraction of sp³-hybridized carbons (Fsp3) is 0.452. The largest absolute Gasteiger partial charge is 0.366 e. The molecule has 4 aromatic rings. The Hall–Kier alpha value is -5.11. The highest BCUT2D eigenvalue weighted by Gasteiger charge is 2.41. The van der Waals surface area contributed by atoms with Gasteiger partial charge in [0.1, 0.15) is 11.9 Å². The number of piperidine rings is 2. The van der Waals surface area contributed by atoms with Gasteiger partial charge in [-0.2, -0.15) is 0 Å². The van der Waals surface area contributed by atoms with E-state index in [1.807, 2.05) is 36.5 Å². The molecule has 0 radical (unpaired) electrons. The summed E-state index contributed by atoms with van der Waals surface area (Å²) >= 11 is 0. The van der Waals surface area contributed by atoms with Crippen molar-refractivity contribution in [1.29, 1.82) is 0 Å². The Morgan fingerprint density at radius 3 is 2.65 bits per heavy atom. The summed E-state index contributed by atoms with van der Waals surface area (Å²) < 4.78 is 0. The van der Waals surface area contributed by atoms with Crippen molar-refractivity contribution in [2.45, 2.75) is 75.7 Å². The first-order valence-corrected chi connectivity index (χ1v) is 19.9. The molecule has 5 aliphatic rings. The highest BCUT2D eigenvalue weighted by Crippen LogP contribution is 2.38. The SMILES string of the molecule is CN1CCC[C@@H]1c1cc2cnc(NC(=O)c3ccc(N4CCNCC4CC4CCNC(c5cccc6c5CN([C@H]5CCC(=O)NC5=O)C6=O)C4)cc3)cc2[nH]1. The van der Waals surface area contributed by atoms with Crippen LogP contribution in [0.2, 0.25) is 0 Å². The van der Waals surface area contributed by atoms with Gasteiger partial charge in [-0.15, -0.1) is 0 Å². The lowest BCUT2D eigenvalue weighted by molar-refractivity contribution is -0.136. The molecule has 9 rings (SSSR count). The average molecular weight is 744 g/mol. The van der Waals surface area contributed by atoms with E-state index in [0.717, 1.165) is 86.1 Å². The Balaban J connectivity index is 0.842. The minimum Gasteiger partial charge on any atom is -0.366 e. The number of benzene rings is 2. The van der Waals surface area contributed by atoms with E-state index in [9.17, 15) is 19.2 Å². The number of aromatic amines is 1. The molecule has 5 aliphatic heterocycles. The molecule has 2 aromatic heterocycles. The van der Waals surface area contributed by atoms with Crippen LogP contribution in [0.25, 0.3) is 10.9 Å². The second kappa shape index (κ2) is 14.9. The van der Waals surface area contributed by atoms with Gasteiger partial charge in [-0.1, -0.05) is 12.1 Å². The third kappa shape index (κ3) is 7.00. The molecule has 286 valence electrons. The zero-order valence-electron chi connectivity index (χ0n) is 31.3. The van der Waals surface area contributed by atoms with Crippen LogP contribution in [0.3, 0.4) is 0 Å². The van der Waals surface area contributed by atoms with Gasteiger partial charge in [-0.3, -0.25) is 29.4 Å². The van der Waals surface area contributed by atoms with Crippen LogP contribution in [-0.4, -0.2) is 95.3 Å². The molecule has 4 saturated heterocycles. The van der Waals surface area contributed by atoms with Gasteiger partial charge in [0.15, 0.2) is 0 Å². The summed E-state index contributed by atoms with van der Waals surface area (Å²) in [6, 6.07) is 18.1. The zero-order valence-corrected chi connectivity index (χ0v) is 31.3. The van der Waals surface area contributed by atoms with Crippen molar-refractivity contribution in [1.82, 2.24) is 35.7 Å². The summed E-state index contributed by atoms with van der Waals surface area (Å²) in [6.45, 7) is 5.04. The van der Waals surface area contributed by atoms with Crippen molar-refractivity contribution in [3.63, 3.8) is 0 Å². The average Bonchev–Trinajstić information content (AvgIpc) is 3.91. The van der Waals surface area contributed by atoms with Gasteiger partial charge in [0.25, 0.3) is 11.8 Å². The molecule has 4 fully saturated rings. The van der Waals surface area contributed by atoms with Crippen molar-refractivity contribution < 1.29 is 19.2 Å². The number of hydrogen-bond acceptors (Lipinski definition) is 9. The van der Waals surface area contributed by atoms with Gasteiger partial charge in [-0.05, 0) is 112 Å². The van der Waals surface area contributed by atoms with Gasteiger partial charge >= 0.3 is 0 Å². The van der Waals surface area contributed by atoms with E-state index in [1.54, 1.807) is 4.90 Å². The lowest BCUT2D eigenvalue weighted by atomic mass is 9.82. The van der Waals surface area contributed by atoms with Gasteiger partial charge in [0.05, 0.1) is 5.52 Å². The smallest absolute Gasteiger partial charge is 0.256 e. The summed E-state index contributed by atoms with van der Waals surface area (Å²) in [5.41, 5.74) is 6.63. The summed E-state index contributed by atoms with van der Waals surface area (Å²) in [6.07, 6.45) is 7.79. The molecular weight excluding hydrogens is 695 g/mol. The summed E-state index contributed by atoms with van der Waals surface area (Å²) in [4.78, 5) is 65.8. The number of aromatic nitrogens is 2. The highest BCUT2D eigenvalue weighted by atomic mass is 16.2. The predicted molar refractivity (Wildman–Crippen MR) is 210 cm³/mol.